The standard InChI is InChI=1S/C15H16N4O3/c1-10-6-13(18-22-10)17-14(20)11-7-12(9-16-8-11)15(21)19-4-2-3-5-19/h6-9H,2-5H2,1H3,(H,17,18,20). The zero-order chi connectivity index (χ0) is 15.5. The van der Waals surface area contributed by atoms with Crippen LogP contribution in [0.5, 0.6) is 0 Å². The van der Waals surface area contributed by atoms with Crippen LogP contribution in [0.2, 0.25) is 0 Å². The second kappa shape index (κ2) is 5.97. The van der Waals surface area contributed by atoms with Gasteiger partial charge in [-0.3, -0.25) is 14.6 Å². The van der Waals surface area contributed by atoms with Gasteiger partial charge in [0, 0.05) is 31.5 Å². The Morgan fingerprint density at radius 1 is 1.18 bits per heavy atom. The number of nitrogens with one attached hydrogen (secondary N) is 1. The van der Waals surface area contributed by atoms with Crippen molar-refractivity contribution in [3.05, 3.63) is 41.4 Å². The van der Waals surface area contributed by atoms with Gasteiger partial charge < -0.3 is 14.7 Å². The molecule has 1 aliphatic heterocycles. The molecule has 0 saturated carbocycles. The number of hydrogen-bond donors (Lipinski definition) is 1. The van der Waals surface area contributed by atoms with Crippen LogP contribution >= 0.6 is 0 Å². The van der Waals surface area contributed by atoms with Crippen LogP contribution in [0, 0.1) is 6.92 Å². The van der Waals surface area contributed by atoms with Gasteiger partial charge in [0.05, 0.1) is 11.1 Å². The van der Waals surface area contributed by atoms with Crippen molar-refractivity contribution in [3.63, 3.8) is 0 Å². The minimum absolute atomic E-state index is 0.0862. The Labute approximate surface area is 127 Å². The predicted octanol–water partition coefficient (Wildman–Crippen LogP) is 1.87. The number of anilines is 1. The summed E-state index contributed by atoms with van der Waals surface area (Å²) in [5, 5.41) is 6.31. The van der Waals surface area contributed by atoms with Crippen molar-refractivity contribution in [2.24, 2.45) is 0 Å². The highest BCUT2D eigenvalue weighted by Gasteiger charge is 2.21. The van der Waals surface area contributed by atoms with E-state index in [2.05, 4.69) is 15.5 Å². The summed E-state index contributed by atoms with van der Waals surface area (Å²) < 4.78 is 4.89. The summed E-state index contributed by atoms with van der Waals surface area (Å²) >= 11 is 0. The number of amides is 2. The minimum atomic E-state index is -0.378. The van der Waals surface area contributed by atoms with E-state index in [4.69, 9.17) is 4.52 Å². The molecule has 0 aliphatic carbocycles. The molecule has 3 rings (SSSR count). The maximum atomic E-state index is 12.3. The molecule has 0 unspecified atom stereocenters. The van der Waals surface area contributed by atoms with Crippen LogP contribution in [0.4, 0.5) is 5.82 Å². The summed E-state index contributed by atoms with van der Waals surface area (Å²) in [6.45, 7) is 3.25. The number of likely N-dealkylation sites (tertiary alicyclic amines) is 1. The first-order valence-electron chi connectivity index (χ1n) is 7.12. The van der Waals surface area contributed by atoms with Crippen molar-refractivity contribution in [3.8, 4) is 0 Å². The third-order valence-electron chi connectivity index (χ3n) is 3.51. The van der Waals surface area contributed by atoms with Crippen molar-refractivity contribution in [1.82, 2.24) is 15.0 Å². The van der Waals surface area contributed by atoms with Gasteiger partial charge in [-0.25, -0.2) is 0 Å². The average Bonchev–Trinajstić information content (AvgIpc) is 3.18. The van der Waals surface area contributed by atoms with E-state index in [0.717, 1.165) is 25.9 Å². The molecule has 114 valence electrons. The summed E-state index contributed by atoms with van der Waals surface area (Å²) in [6.07, 6.45) is 4.94. The molecule has 1 aliphatic rings. The molecule has 7 heteroatoms. The second-order valence-electron chi connectivity index (χ2n) is 5.24. The van der Waals surface area contributed by atoms with E-state index < -0.39 is 0 Å². The average molecular weight is 300 g/mol. The monoisotopic (exact) mass is 300 g/mol. The van der Waals surface area contributed by atoms with E-state index in [9.17, 15) is 9.59 Å². The van der Waals surface area contributed by atoms with E-state index in [1.807, 2.05) is 0 Å². The maximum absolute atomic E-state index is 12.3. The van der Waals surface area contributed by atoms with Gasteiger partial charge in [-0.2, -0.15) is 0 Å². The number of pyridine rings is 1. The number of aryl methyl sites for hydroxylation is 1. The number of hydrogen-bond acceptors (Lipinski definition) is 5. The molecule has 1 N–H and O–H groups in total. The fraction of sp³-hybridized carbons (Fsp3) is 0.333. The molecule has 0 atom stereocenters. The van der Waals surface area contributed by atoms with Gasteiger partial charge in [0.1, 0.15) is 5.76 Å². The van der Waals surface area contributed by atoms with E-state index in [-0.39, 0.29) is 11.8 Å². The molecule has 7 nitrogen and oxygen atoms in total. The number of carbonyl (C=O) groups excluding carboxylic acids is 2. The van der Waals surface area contributed by atoms with E-state index in [1.54, 1.807) is 24.0 Å². The van der Waals surface area contributed by atoms with Crippen LogP contribution in [-0.4, -0.2) is 39.9 Å². The number of nitrogens with zero attached hydrogens (tertiary/aromatic N) is 3. The first-order chi connectivity index (χ1) is 10.6. The molecule has 2 aromatic rings. The van der Waals surface area contributed by atoms with Crippen LogP contribution in [0.3, 0.4) is 0 Å². The number of rotatable bonds is 3. The Morgan fingerprint density at radius 2 is 1.91 bits per heavy atom. The second-order valence-corrected chi connectivity index (χ2v) is 5.24. The van der Waals surface area contributed by atoms with Crippen LogP contribution in [0.25, 0.3) is 0 Å². The lowest BCUT2D eigenvalue weighted by molar-refractivity contribution is 0.0792. The van der Waals surface area contributed by atoms with Gasteiger partial charge in [-0.05, 0) is 25.8 Å². The van der Waals surface area contributed by atoms with Crippen molar-refractivity contribution < 1.29 is 14.1 Å². The highest BCUT2D eigenvalue weighted by Crippen LogP contribution is 2.14. The van der Waals surface area contributed by atoms with Crippen LogP contribution in [0.15, 0.2) is 29.0 Å². The van der Waals surface area contributed by atoms with Crippen molar-refractivity contribution in [2.75, 3.05) is 18.4 Å². The Kier molecular flexibility index (Phi) is 3.86. The SMILES string of the molecule is Cc1cc(NC(=O)c2cncc(C(=O)N3CCCC3)c2)no1. The Balaban J connectivity index is 1.75. The molecule has 0 aromatic carbocycles. The lowest BCUT2D eigenvalue weighted by Gasteiger charge is -2.15. The lowest BCUT2D eigenvalue weighted by Crippen LogP contribution is -2.28. The van der Waals surface area contributed by atoms with Crippen LogP contribution < -0.4 is 5.32 Å². The van der Waals surface area contributed by atoms with Gasteiger partial charge in [0.25, 0.3) is 11.8 Å². The van der Waals surface area contributed by atoms with Gasteiger partial charge in [0.2, 0.25) is 0 Å². The molecule has 0 bridgehead atoms. The van der Waals surface area contributed by atoms with Crippen molar-refractivity contribution >= 4 is 17.6 Å². The van der Waals surface area contributed by atoms with E-state index in [0.29, 0.717) is 22.7 Å². The fourth-order valence-corrected chi connectivity index (χ4v) is 2.40. The summed E-state index contributed by atoms with van der Waals surface area (Å²) in [5.74, 6) is 0.471. The highest BCUT2D eigenvalue weighted by atomic mass is 16.5. The molecular formula is C15H16N4O3. The Hall–Kier alpha value is -2.70. The summed E-state index contributed by atoms with van der Waals surface area (Å²) in [7, 11) is 0. The summed E-state index contributed by atoms with van der Waals surface area (Å²) in [5.41, 5.74) is 0.733. The maximum Gasteiger partial charge on any atom is 0.258 e. The fourth-order valence-electron chi connectivity index (χ4n) is 2.40. The predicted molar refractivity (Wildman–Crippen MR) is 78.6 cm³/mol. The Bertz CT molecular complexity index is 704. The zero-order valence-electron chi connectivity index (χ0n) is 12.2. The quantitative estimate of drug-likeness (QED) is 0.934. The third-order valence-corrected chi connectivity index (χ3v) is 3.51. The lowest BCUT2D eigenvalue weighted by atomic mass is 10.1. The van der Waals surface area contributed by atoms with E-state index >= 15 is 0 Å². The van der Waals surface area contributed by atoms with Gasteiger partial charge in [-0.15, -0.1) is 0 Å². The first-order valence-corrected chi connectivity index (χ1v) is 7.12. The van der Waals surface area contributed by atoms with Crippen molar-refractivity contribution in [1.29, 1.82) is 0 Å². The largest absolute Gasteiger partial charge is 0.360 e. The summed E-state index contributed by atoms with van der Waals surface area (Å²) in [4.78, 5) is 30.2. The smallest absolute Gasteiger partial charge is 0.258 e. The summed E-state index contributed by atoms with van der Waals surface area (Å²) in [6, 6.07) is 3.17. The molecular weight excluding hydrogens is 284 g/mol. The molecule has 1 fully saturated rings. The molecule has 1 saturated heterocycles. The number of carbonyl (C=O) groups is 2. The molecule has 2 amide bonds. The third kappa shape index (κ3) is 2.98. The van der Waals surface area contributed by atoms with Gasteiger partial charge >= 0.3 is 0 Å². The van der Waals surface area contributed by atoms with Gasteiger partial charge in [-0.1, -0.05) is 5.16 Å². The topological polar surface area (TPSA) is 88.3 Å². The minimum Gasteiger partial charge on any atom is -0.360 e. The van der Waals surface area contributed by atoms with E-state index in [1.165, 1.54) is 12.4 Å². The van der Waals surface area contributed by atoms with Crippen LogP contribution in [0.1, 0.15) is 39.3 Å². The number of aromatic nitrogens is 2. The Morgan fingerprint density at radius 3 is 2.59 bits per heavy atom. The van der Waals surface area contributed by atoms with Gasteiger partial charge in [0.15, 0.2) is 5.82 Å². The molecule has 22 heavy (non-hydrogen) atoms. The molecule has 0 spiro atoms. The zero-order valence-corrected chi connectivity index (χ0v) is 12.2. The first kappa shape index (κ1) is 14.2. The molecule has 3 heterocycles. The van der Waals surface area contributed by atoms with Crippen LogP contribution in [-0.2, 0) is 0 Å². The molecule has 0 radical (unpaired) electrons. The molecule has 2 aromatic heterocycles. The highest BCUT2D eigenvalue weighted by molar-refractivity contribution is 6.05. The normalized spacial score (nSPS) is 14.1. The van der Waals surface area contributed by atoms with Crippen molar-refractivity contribution in [2.45, 2.75) is 19.8 Å².